The molecule has 1 aliphatic rings. The minimum atomic E-state index is 0.0679. The van der Waals surface area contributed by atoms with E-state index in [1.807, 2.05) is 24.4 Å². The number of fused-ring (bicyclic) bond motifs is 2. The molecule has 0 radical (unpaired) electrons. The van der Waals surface area contributed by atoms with Crippen molar-refractivity contribution in [3.8, 4) is 22.0 Å². The van der Waals surface area contributed by atoms with Gasteiger partial charge in [-0.2, -0.15) is 5.10 Å². The number of pyridine rings is 2. The van der Waals surface area contributed by atoms with Gasteiger partial charge in [-0.1, -0.05) is 6.08 Å². The summed E-state index contributed by atoms with van der Waals surface area (Å²) in [5.41, 5.74) is 6.79. The molecule has 32 heavy (non-hydrogen) atoms. The van der Waals surface area contributed by atoms with Crippen LogP contribution in [-0.4, -0.2) is 44.0 Å². The zero-order valence-corrected chi connectivity index (χ0v) is 18.2. The van der Waals surface area contributed by atoms with E-state index in [4.69, 9.17) is 0 Å². The number of carbonyl (C=O) groups is 1. The number of nitrogens with one attached hydrogen (secondary N) is 3. The number of hydrogen-bond acceptors (Lipinski definition) is 6. The van der Waals surface area contributed by atoms with Crippen LogP contribution in [0.25, 0.3) is 49.5 Å². The average molecular weight is 441 g/mol. The van der Waals surface area contributed by atoms with Gasteiger partial charge in [0.25, 0.3) is 0 Å². The van der Waals surface area contributed by atoms with Gasteiger partial charge in [0.2, 0.25) is 0 Å². The second kappa shape index (κ2) is 7.51. The van der Waals surface area contributed by atoms with E-state index < -0.39 is 0 Å². The molecular formula is C24H20N6OS. The van der Waals surface area contributed by atoms with E-state index >= 15 is 0 Å². The molecule has 0 aromatic carbocycles. The second-order valence-electron chi connectivity index (χ2n) is 7.90. The Bertz CT molecular complexity index is 1520. The Morgan fingerprint density at radius 2 is 2.03 bits per heavy atom. The predicted molar refractivity (Wildman–Crippen MR) is 128 cm³/mol. The maximum atomic E-state index is 11.7. The highest BCUT2D eigenvalue weighted by atomic mass is 32.1. The summed E-state index contributed by atoms with van der Waals surface area (Å²) in [5.74, 6) is 0.0679. The van der Waals surface area contributed by atoms with Crippen LogP contribution in [0.3, 0.4) is 0 Å². The maximum Gasteiger partial charge on any atom is 0.169 e. The van der Waals surface area contributed by atoms with Gasteiger partial charge in [-0.05, 0) is 61.4 Å². The van der Waals surface area contributed by atoms with Crippen LogP contribution in [0.4, 0.5) is 0 Å². The molecule has 0 saturated heterocycles. The number of Topliss-reactive ketones (excluding diaryl/α,β-unsaturated/α-hetero) is 1. The lowest BCUT2D eigenvalue weighted by Gasteiger charge is -2.13. The molecule has 8 heteroatoms. The summed E-state index contributed by atoms with van der Waals surface area (Å²) in [7, 11) is 0. The monoisotopic (exact) mass is 440 g/mol. The zero-order valence-electron chi connectivity index (χ0n) is 17.4. The fraction of sp³-hybridized carbons (Fsp3) is 0.167. The first kappa shape index (κ1) is 19.1. The van der Waals surface area contributed by atoms with E-state index in [9.17, 15) is 4.79 Å². The number of H-pyrrole nitrogens is 2. The Labute approximate surface area is 187 Å². The molecule has 5 aromatic rings. The first-order valence-corrected chi connectivity index (χ1v) is 11.3. The molecule has 0 bridgehead atoms. The number of rotatable bonds is 4. The molecule has 158 valence electrons. The van der Waals surface area contributed by atoms with Crippen molar-refractivity contribution in [3.05, 3.63) is 59.2 Å². The maximum absolute atomic E-state index is 11.7. The largest absolute Gasteiger partial charge is 0.353 e. The molecule has 7 nitrogen and oxygen atoms in total. The van der Waals surface area contributed by atoms with Gasteiger partial charge in [0.1, 0.15) is 5.69 Å². The Balaban J connectivity index is 1.47. The number of nitrogens with zero attached hydrogens (tertiary/aromatic N) is 3. The normalized spacial score (nSPS) is 14.2. The first-order valence-electron chi connectivity index (χ1n) is 10.5. The number of aromatic amines is 2. The minimum Gasteiger partial charge on any atom is -0.353 e. The van der Waals surface area contributed by atoms with Crippen LogP contribution in [0.2, 0.25) is 0 Å². The number of thiophene rings is 1. The quantitative estimate of drug-likeness (QED) is 0.348. The standard InChI is InChI=1S/C24H20N6OS/c1-13(31)20-2-3-21(32-20)23-16-11-19(28-18(16)6-9-26-23)22-17-10-15(12-27-24(17)30-29-22)14-4-7-25-8-5-14/h2-4,6,9-12,25,28H,5,7-8H2,1H3,(H,27,29,30). The van der Waals surface area contributed by atoms with E-state index in [-0.39, 0.29) is 5.78 Å². The summed E-state index contributed by atoms with van der Waals surface area (Å²) in [6.45, 7) is 3.45. The molecule has 0 fully saturated rings. The Hall–Kier alpha value is -3.62. The fourth-order valence-corrected chi connectivity index (χ4v) is 5.11. The van der Waals surface area contributed by atoms with Gasteiger partial charge >= 0.3 is 0 Å². The van der Waals surface area contributed by atoms with Gasteiger partial charge in [-0.25, -0.2) is 4.98 Å². The number of hydrogen-bond donors (Lipinski definition) is 3. The smallest absolute Gasteiger partial charge is 0.169 e. The van der Waals surface area contributed by atoms with Crippen molar-refractivity contribution in [1.82, 2.24) is 30.5 Å². The van der Waals surface area contributed by atoms with Crippen molar-refractivity contribution < 1.29 is 4.79 Å². The summed E-state index contributed by atoms with van der Waals surface area (Å²) in [6, 6.07) is 10.0. The summed E-state index contributed by atoms with van der Waals surface area (Å²) >= 11 is 1.47. The molecule has 6 heterocycles. The molecule has 6 rings (SSSR count). The van der Waals surface area contributed by atoms with Gasteiger partial charge in [-0.3, -0.25) is 14.9 Å². The third-order valence-electron chi connectivity index (χ3n) is 5.84. The third kappa shape index (κ3) is 3.16. The molecular weight excluding hydrogens is 420 g/mol. The van der Waals surface area contributed by atoms with E-state index in [2.05, 4.69) is 48.7 Å². The molecule has 0 atom stereocenters. The van der Waals surface area contributed by atoms with Crippen molar-refractivity contribution in [2.45, 2.75) is 13.3 Å². The molecule has 0 unspecified atom stereocenters. The van der Waals surface area contributed by atoms with E-state index in [1.54, 1.807) is 13.1 Å². The zero-order chi connectivity index (χ0) is 21.7. The summed E-state index contributed by atoms with van der Waals surface area (Å²) in [6.07, 6.45) is 6.92. The lowest BCUT2D eigenvalue weighted by molar-refractivity contribution is 0.102. The van der Waals surface area contributed by atoms with Gasteiger partial charge in [0.15, 0.2) is 11.4 Å². The second-order valence-corrected chi connectivity index (χ2v) is 8.98. The van der Waals surface area contributed by atoms with Crippen molar-refractivity contribution in [3.63, 3.8) is 0 Å². The minimum absolute atomic E-state index is 0.0679. The van der Waals surface area contributed by atoms with Crippen LogP contribution in [0.1, 0.15) is 28.6 Å². The van der Waals surface area contributed by atoms with Crippen LogP contribution in [0, 0.1) is 0 Å². The summed E-state index contributed by atoms with van der Waals surface area (Å²) in [4.78, 5) is 26.1. The van der Waals surface area contributed by atoms with E-state index in [0.717, 1.165) is 73.8 Å². The fourth-order valence-electron chi connectivity index (χ4n) is 4.20. The first-order chi connectivity index (χ1) is 15.7. The molecule has 0 amide bonds. The number of aromatic nitrogens is 5. The van der Waals surface area contributed by atoms with Crippen molar-refractivity contribution in [2.75, 3.05) is 13.1 Å². The summed E-state index contributed by atoms with van der Waals surface area (Å²) in [5, 5.41) is 13.0. The highest BCUT2D eigenvalue weighted by molar-refractivity contribution is 7.17. The van der Waals surface area contributed by atoms with Crippen LogP contribution in [0.15, 0.2) is 48.8 Å². The van der Waals surface area contributed by atoms with Crippen molar-refractivity contribution >= 4 is 44.6 Å². The lowest BCUT2D eigenvalue weighted by Crippen LogP contribution is -2.20. The molecule has 3 N–H and O–H groups in total. The molecule has 0 spiro atoms. The van der Waals surface area contributed by atoms with E-state index in [1.165, 1.54) is 16.9 Å². The number of ketones is 1. The van der Waals surface area contributed by atoms with Crippen molar-refractivity contribution in [1.29, 1.82) is 0 Å². The van der Waals surface area contributed by atoms with Crippen LogP contribution in [0.5, 0.6) is 0 Å². The Morgan fingerprint density at radius 1 is 1.09 bits per heavy atom. The highest BCUT2D eigenvalue weighted by Gasteiger charge is 2.17. The lowest BCUT2D eigenvalue weighted by atomic mass is 10.0. The Kier molecular flexibility index (Phi) is 4.48. The van der Waals surface area contributed by atoms with Crippen LogP contribution in [-0.2, 0) is 0 Å². The van der Waals surface area contributed by atoms with Gasteiger partial charge in [-0.15, -0.1) is 11.3 Å². The molecule has 1 aliphatic heterocycles. The number of carbonyl (C=O) groups excluding carboxylic acids is 1. The van der Waals surface area contributed by atoms with Crippen LogP contribution < -0.4 is 5.32 Å². The Morgan fingerprint density at radius 3 is 2.84 bits per heavy atom. The van der Waals surface area contributed by atoms with Gasteiger partial charge in [0.05, 0.1) is 21.1 Å². The predicted octanol–water partition coefficient (Wildman–Crippen LogP) is 4.81. The van der Waals surface area contributed by atoms with Gasteiger partial charge in [0, 0.05) is 35.2 Å². The average Bonchev–Trinajstić information content (AvgIpc) is 3.56. The van der Waals surface area contributed by atoms with E-state index in [0.29, 0.717) is 0 Å². The molecule has 0 saturated carbocycles. The molecule has 5 aromatic heterocycles. The highest BCUT2D eigenvalue weighted by Crippen LogP contribution is 2.36. The van der Waals surface area contributed by atoms with Gasteiger partial charge < -0.3 is 10.3 Å². The SMILES string of the molecule is CC(=O)c1ccc(-c2nccc3[nH]c(-c4n[nH]c5ncc(C6=CCNCC6)cc45)cc23)s1. The van der Waals surface area contributed by atoms with Crippen LogP contribution >= 0.6 is 11.3 Å². The van der Waals surface area contributed by atoms with Crippen molar-refractivity contribution in [2.24, 2.45) is 0 Å². The summed E-state index contributed by atoms with van der Waals surface area (Å²) < 4.78 is 0. The third-order valence-corrected chi connectivity index (χ3v) is 7.03. The molecule has 0 aliphatic carbocycles. The topological polar surface area (TPSA) is 99.4 Å².